The van der Waals surface area contributed by atoms with Crippen molar-refractivity contribution in [1.29, 1.82) is 0 Å². The lowest BCUT2D eigenvalue weighted by Crippen LogP contribution is -2.11. The van der Waals surface area contributed by atoms with E-state index in [0.717, 1.165) is 15.3 Å². The summed E-state index contributed by atoms with van der Waals surface area (Å²) in [7, 11) is -3.70. The van der Waals surface area contributed by atoms with Gasteiger partial charge < -0.3 is 0 Å². The SMILES string of the molecule is Cc1ccc(S(=O)(=O)OCCSC(=S)C(C)c2ccccc2)cc1. The highest BCUT2D eigenvalue weighted by atomic mass is 32.2. The first-order valence-corrected chi connectivity index (χ1v) is 10.4. The molecule has 2 aromatic rings. The van der Waals surface area contributed by atoms with E-state index < -0.39 is 10.1 Å². The van der Waals surface area contributed by atoms with Crippen LogP contribution < -0.4 is 0 Å². The molecule has 0 fully saturated rings. The predicted octanol–water partition coefficient (Wildman–Crippen LogP) is 4.56. The molecule has 0 saturated carbocycles. The van der Waals surface area contributed by atoms with Crippen LogP contribution in [0.2, 0.25) is 0 Å². The van der Waals surface area contributed by atoms with Gasteiger partial charge in [0.05, 0.1) is 15.7 Å². The summed E-state index contributed by atoms with van der Waals surface area (Å²) in [4.78, 5) is 0.179. The summed E-state index contributed by atoms with van der Waals surface area (Å²) in [5.41, 5.74) is 2.16. The number of aryl methyl sites for hydroxylation is 1. The molecule has 0 aliphatic carbocycles. The lowest BCUT2D eigenvalue weighted by atomic mass is 10.0. The minimum absolute atomic E-state index is 0.0997. The van der Waals surface area contributed by atoms with Crippen molar-refractivity contribution in [1.82, 2.24) is 0 Å². The molecule has 1 atom stereocenters. The van der Waals surface area contributed by atoms with Gasteiger partial charge >= 0.3 is 0 Å². The monoisotopic (exact) mass is 380 g/mol. The second-order valence-electron chi connectivity index (χ2n) is 5.39. The molecule has 128 valence electrons. The Bertz CT molecular complexity index is 769. The van der Waals surface area contributed by atoms with E-state index in [-0.39, 0.29) is 17.4 Å². The van der Waals surface area contributed by atoms with Crippen LogP contribution in [-0.2, 0) is 14.3 Å². The minimum atomic E-state index is -3.70. The fraction of sp³-hybridized carbons (Fsp3) is 0.278. The van der Waals surface area contributed by atoms with Gasteiger partial charge in [-0.05, 0) is 24.6 Å². The van der Waals surface area contributed by atoms with E-state index in [1.165, 1.54) is 11.8 Å². The number of hydrogen-bond acceptors (Lipinski definition) is 5. The summed E-state index contributed by atoms with van der Waals surface area (Å²) in [5.74, 6) is 0.640. The van der Waals surface area contributed by atoms with Crippen molar-refractivity contribution in [2.75, 3.05) is 12.4 Å². The lowest BCUT2D eigenvalue weighted by Gasteiger charge is -2.13. The van der Waals surface area contributed by atoms with Crippen LogP contribution in [0.25, 0.3) is 0 Å². The first-order valence-electron chi connectivity index (χ1n) is 7.58. The van der Waals surface area contributed by atoms with E-state index in [1.807, 2.05) is 37.3 Å². The Morgan fingerprint density at radius 3 is 2.38 bits per heavy atom. The van der Waals surface area contributed by atoms with Gasteiger partial charge in [0.2, 0.25) is 0 Å². The molecule has 0 radical (unpaired) electrons. The van der Waals surface area contributed by atoms with Crippen LogP contribution in [0.3, 0.4) is 0 Å². The van der Waals surface area contributed by atoms with Crippen molar-refractivity contribution in [3.05, 3.63) is 65.7 Å². The van der Waals surface area contributed by atoms with Gasteiger partial charge in [-0.3, -0.25) is 4.18 Å². The molecule has 1 unspecified atom stereocenters. The first-order chi connectivity index (χ1) is 11.4. The maximum absolute atomic E-state index is 12.1. The molecule has 6 heteroatoms. The summed E-state index contributed by atoms with van der Waals surface area (Å²) >= 11 is 6.89. The molecule has 24 heavy (non-hydrogen) atoms. The Morgan fingerprint density at radius 2 is 1.75 bits per heavy atom. The summed E-state index contributed by atoms with van der Waals surface area (Å²) in [6.07, 6.45) is 0. The van der Waals surface area contributed by atoms with Gasteiger partial charge in [0, 0.05) is 11.7 Å². The molecule has 0 heterocycles. The Morgan fingerprint density at radius 1 is 1.12 bits per heavy atom. The number of rotatable bonds is 7. The number of hydrogen-bond donors (Lipinski definition) is 0. The highest BCUT2D eigenvalue weighted by Crippen LogP contribution is 2.24. The highest BCUT2D eigenvalue weighted by Gasteiger charge is 2.16. The van der Waals surface area contributed by atoms with Crippen molar-refractivity contribution >= 4 is 38.3 Å². The Hall–Kier alpha value is -1.21. The summed E-state index contributed by atoms with van der Waals surface area (Å²) in [5, 5.41) is 0. The zero-order chi connectivity index (χ0) is 17.6. The summed E-state index contributed by atoms with van der Waals surface area (Å²) in [6.45, 7) is 4.06. The minimum Gasteiger partial charge on any atom is -0.265 e. The Labute approximate surface area is 153 Å². The molecule has 0 aromatic heterocycles. The van der Waals surface area contributed by atoms with E-state index >= 15 is 0 Å². The van der Waals surface area contributed by atoms with Crippen LogP contribution in [0.4, 0.5) is 0 Å². The summed E-state index contributed by atoms with van der Waals surface area (Å²) in [6, 6.07) is 16.6. The van der Waals surface area contributed by atoms with Crippen molar-refractivity contribution in [2.24, 2.45) is 0 Å². The van der Waals surface area contributed by atoms with Gasteiger partial charge in [0.15, 0.2) is 0 Å². The Kier molecular flexibility index (Phi) is 6.98. The third kappa shape index (κ3) is 5.41. The first kappa shape index (κ1) is 19.1. The zero-order valence-corrected chi connectivity index (χ0v) is 16.1. The lowest BCUT2D eigenvalue weighted by molar-refractivity contribution is 0.341. The van der Waals surface area contributed by atoms with E-state index in [1.54, 1.807) is 24.3 Å². The topological polar surface area (TPSA) is 43.4 Å². The Balaban J connectivity index is 1.82. The average Bonchev–Trinajstić information content (AvgIpc) is 2.59. The van der Waals surface area contributed by atoms with E-state index in [2.05, 4.69) is 6.92 Å². The van der Waals surface area contributed by atoms with Gasteiger partial charge in [0.1, 0.15) is 0 Å². The maximum atomic E-state index is 12.1. The van der Waals surface area contributed by atoms with Crippen molar-refractivity contribution in [2.45, 2.75) is 24.7 Å². The van der Waals surface area contributed by atoms with E-state index in [4.69, 9.17) is 16.4 Å². The molecule has 0 saturated heterocycles. The number of thioether (sulfide) groups is 1. The molecular weight excluding hydrogens is 360 g/mol. The van der Waals surface area contributed by atoms with Crippen LogP contribution in [0.5, 0.6) is 0 Å². The van der Waals surface area contributed by atoms with E-state index in [0.29, 0.717) is 5.75 Å². The third-order valence-corrected chi connectivity index (χ3v) is 6.57. The highest BCUT2D eigenvalue weighted by molar-refractivity contribution is 8.23. The molecule has 3 nitrogen and oxygen atoms in total. The maximum Gasteiger partial charge on any atom is 0.296 e. The second-order valence-corrected chi connectivity index (χ2v) is 8.84. The van der Waals surface area contributed by atoms with Crippen LogP contribution in [0.1, 0.15) is 24.0 Å². The van der Waals surface area contributed by atoms with Crippen molar-refractivity contribution in [3.8, 4) is 0 Å². The molecule has 0 amide bonds. The standard InChI is InChI=1S/C18H20O3S3/c1-14-8-10-17(11-9-14)24(19,20)21-12-13-23-18(22)15(2)16-6-4-3-5-7-16/h3-11,15H,12-13H2,1-2H3. The van der Waals surface area contributed by atoms with Gasteiger partial charge in [-0.1, -0.05) is 67.2 Å². The fourth-order valence-corrected chi connectivity index (χ4v) is 4.22. The van der Waals surface area contributed by atoms with Gasteiger partial charge in [-0.25, -0.2) is 0 Å². The van der Waals surface area contributed by atoms with Gasteiger partial charge in [-0.15, -0.1) is 11.8 Å². The quantitative estimate of drug-likeness (QED) is 0.400. The van der Waals surface area contributed by atoms with Crippen molar-refractivity contribution < 1.29 is 12.6 Å². The number of benzene rings is 2. The second kappa shape index (κ2) is 8.76. The third-order valence-electron chi connectivity index (χ3n) is 3.53. The molecule has 2 aromatic carbocycles. The molecule has 0 aliphatic rings. The smallest absolute Gasteiger partial charge is 0.265 e. The van der Waals surface area contributed by atoms with E-state index in [9.17, 15) is 8.42 Å². The largest absolute Gasteiger partial charge is 0.296 e. The molecule has 0 bridgehead atoms. The average molecular weight is 381 g/mol. The van der Waals surface area contributed by atoms with Crippen LogP contribution in [-0.4, -0.2) is 25.0 Å². The summed E-state index contributed by atoms with van der Waals surface area (Å²) < 4.78 is 30.1. The molecular formula is C18H20O3S3. The fourth-order valence-electron chi connectivity index (χ4n) is 2.06. The molecule has 0 aliphatic heterocycles. The van der Waals surface area contributed by atoms with Gasteiger partial charge in [0.25, 0.3) is 10.1 Å². The normalized spacial score (nSPS) is 12.8. The zero-order valence-electron chi connectivity index (χ0n) is 13.6. The van der Waals surface area contributed by atoms with Gasteiger partial charge in [-0.2, -0.15) is 8.42 Å². The van der Waals surface area contributed by atoms with Crippen LogP contribution >= 0.6 is 24.0 Å². The van der Waals surface area contributed by atoms with Crippen LogP contribution in [0.15, 0.2) is 59.5 Å². The van der Waals surface area contributed by atoms with Crippen molar-refractivity contribution in [3.63, 3.8) is 0 Å². The molecule has 0 spiro atoms. The number of thiocarbonyl (C=S) groups is 1. The van der Waals surface area contributed by atoms with Crippen LogP contribution in [0, 0.1) is 6.92 Å². The predicted molar refractivity (Wildman–Crippen MR) is 104 cm³/mol. The molecule has 2 rings (SSSR count). The molecule has 0 N–H and O–H groups in total.